The number of ether oxygens (including phenoxy) is 4. The maximum absolute atomic E-state index is 13.1. The van der Waals surface area contributed by atoms with Crippen LogP contribution in [0.25, 0.3) is 0 Å². The third-order valence-corrected chi connectivity index (χ3v) is 9.82. The first-order valence-corrected chi connectivity index (χ1v) is 15.8. The van der Waals surface area contributed by atoms with E-state index in [0.717, 1.165) is 37.8 Å². The maximum atomic E-state index is 13.1. The van der Waals surface area contributed by atoms with Crippen LogP contribution in [0, 0.1) is 22.7 Å². The average molecular weight is 729 g/mol. The van der Waals surface area contributed by atoms with Crippen LogP contribution >= 0.6 is 69.6 Å². The molecule has 44 heavy (non-hydrogen) atoms. The van der Waals surface area contributed by atoms with Crippen molar-refractivity contribution in [1.29, 1.82) is 0 Å². The molecule has 0 saturated heterocycles. The summed E-state index contributed by atoms with van der Waals surface area (Å²) < 4.78 is 21.2. The van der Waals surface area contributed by atoms with Gasteiger partial charge in [-0.25, -0.2) is 19.2 Å². The highest BCUT2D eigenvalue weighted by Crippen LogP contribution is 2.47. The van der Waals surface area contributed by atoms with Gasteiger partial charge in [-0.3, -0.25) is 0 Å². The minimum absolute atomic E-state index is 0.0684. The molecule has 8 nitrogen and oxygen atoms in total. The summed E-state index contributed by atoms with van der Waals surface area (Å²) >= 11 is 37.3. The van der Waals surface area contributed by atoms with Crippen molar-refractivity contribution in [2.75, 3.05) is 13.2 Å². The van der Waals surface area contributed by atoms with Gasteiger partial charge in [0, 0.05) is 10.8 Å². The smallest absolute Gasteiger partial charge is 0.423 e. The molecule has 0 radical (unpaired) electrons. The highest BCUT2D eigenvalue weighted by atomic mass is 35.5. The molecule has 2 fully saturated rings. The van der Waals surface area contributed by atoms with Crippen molar-refractivity contribution in [3.05, 3.63) is 53.4 Å². The third-order valence-electron chi connectivity index (χ3n) is 7.69. The summed E-state index contributed by atoms with van der Waals surface area (Å²) in [6.07, 6.45) is 3.40. The standard InChI is InChI=1S/C30H28Cl6O8/c1-13-7-29(3,8-13)11-41-25(37)19-21(35)15(31)5-17(33)23(19)43-27(39)28(40)44-24-18(34)6-16(32)22(36)20(24)26(38)42-12-30(4)9-14(2)10-30/h5-6,13-14H,7-12H2,1-4H3. The number of rotatable bonds is 8. The van der Waals surface area contributed by atoms with E-state index in [1.54, 1.807) is 0 Å². The fourth-order valence-electron chi connectivity index (χ4n) is 6.10. The van der Waals surface area contributed by atoms with Gasteiger partial charge in [0.25, 0.3) is 0 Å². The summed E-state index contributed by atoms with van der Waals surface area (Å²) in [5, 5.41) is -1.48. The van der Waals surface area contributed by atoms with Crippen molar-refractivity contribution in [3.8, 4) is 11.5 Å². The van der Waals surface area contributed by atoms with Crippen LogP contribution in [0.15, 0.2) is 12.1 Å². The van der Waals surface area contributed by atoms with Gasteiger partial charge in [0.2, 0.25) is 0 Å². The van der Waals surface area contributed by atoms with Gasteiger partial charge in [0.05, 0.1) is 43.3 Å². The van der Waals surface area contributed by atoms with E-state index in [2.05, 4.69) is 13.8 Å². The Kier molecular flexibility index (Phi) is 10.7. The Morgan fingerprint density at radius 2 is 0.955 bits per heavy atom. The van der Waals surface area contributed by atoms with Crippen molar-refractivity contribution in [1.82, 2.24) is 0 Å². The normalized spacial score (nSPS) is 24.0. The molecule has 4 rings (SSSR count). The minimum atomic E-state index is -1.64. The lowest BCUT2D eigenvalue weighted by Crippen LogP contribution is -2.38. The molecule has 238 valence electrons. The van der Waals surface area contributed by atoms with E-state index in [1.807, 2.05) is 13.8 Å². The van der Waals surface area contributed by atoms with E-state index in [4.69, 9.17) is 88.6 Å². The fraction of sp³-hybridized carbons (Fsp3) is 0.467. The zero-order valence-electron chi connectivity index (χ0n) is 24.1. The van der Waals surface area contributed by atoms with E-state index in [1.165, 1.54) is 0 Å². The van der Waals surface area contributed by atoms with E-state index in [9.17, 15) is 19.2 Å². The number of esters is 4. The predicted octanol–water partition coefficient (Wildman–Crippen LogP) is 9.30. The molecule has 0 spiro atoms. The van der Waals surface area contributed by atoms with Gasteiger partial charge in [-0.1, -0.05) is 97.3 Å². The first-order valence-electron chi connectivity index (χ1n) is 13.6. The third kappa shape index (κ3) is 7.54. The van der Waals surface area contributed by atoms with Crippen LogP contribution in [0.1, 0.15) is 74.1 Å². The molecule has 0 unspecified atom stereocenters. The van der Waals surface area contributed by atoms with Crippen LogP contribution in [0.2, 0.25) is 30.1 Å². The molecule has 0 N–H and O–H groups in total. The summed E-state index contributed by atoms with van der Waals surface area (Å²) in [5.74, 6) is -5.40. The second kappa shape index (κ2) is 13.4. The van der Waals surface area contributed by atoms with Gasteiger partial charge >= 0.3 is 23.9 Å². The van der Waals surface area contributed by atoms with Gasteiger partial charge in [0.1, 0.15) is 11.1 Å². The molecule has 2 aliphatic rings. The van der Waals surface area contributed by atoms with Crippen molar-refractivity contribution < 1.29 is 38.1 Å². The Labute approximate surface area is 284 Å². The molecule has 0 aromatic heterocycles. The lowest BCUT2D eigenvalue weighted by atomic mass is 9.64. The predicted molar refractivity (Wildman–Crippen MR) is 168 cm³/mol. The molecule has 0 atom stereocenters. The zero-order chi connectivity index (χ0) is 32.7. The Morgan fingerprint density at radius 1 is 0.636 bits per heavy atom. The maximum Gasteiger partial charge on any atom is 0.423 e. The molecule has 0 heterocycles. The molecule has 0 amide bonds. The first kappa shape index (κ1) is 34.9. The van der Waals surface area contributed by atoms with Gasteiger partial charge < -0.3 is 18.9 Å². The van der Waals surface area contributed by atoms with Crippen LogP contribution in [-0.4, -0.2) is 37.1 Å². The highest BCUT2D eigenvalue weighted by molar-refractivity contribution is 6.47. The quantitative estimate of drug-likeness (QED) is 0.115. The van der Waals surface area contributed by atoms with Gasteiger partial charge in [-0.05, 0) is 49.7 Å². The highest BCUT2D eigenvalue weighted by Gasteiger charge is 2.41. The molecular weight excluding hydrogens is 701 g/mol. The molecule has 2 aromatic rings. The van der Waals surface area contributed by atoms with Crippen molar-refractivity contribution in [2.24, 2.45) is 22.7 Å². The molecule has 14 heteroatoms. The fourth-order valence-corrected chi connectivity index (χ4v) is 7.53. The lowest BCUT2D eigenvalue weighted by molar-refractivity contribution is -0.156. The summed E-state index contributed by atoms with van der Waals surface area (Å²) in [6.45, 7) is 8.24. The summed E-state index contributed by atoms with van der Waals surface area (Å²) in [7, 11) is 0. The first-order chi connectivity index (χ1) is 20.4. The number of halogens is 6. The van der Waals surface area contributed by atoms with E-state index < -0.39 is 46.5 Å². The largest absolute Gasteiger partial charge is 0.461 e. The zero-order valence-corrected chi connectivity index (χ0v) is 28.6. The minimum Gasteiger partial charge on any atom is -0.461 e. The van der Waals surface area contributed by atoms with E-state index >= 15 is 0 Å². The number of hydrogen-bond acceptors (Lipinski definition) is 8. The molecule has 0 bridgehead atoms. The number of carbonyl (C=O) groups excluding carboxylic acids is 4. The topological polar surface area (TPSA) is 105 Å². The van der Waals surface area contributed by atoms with Crippen molar-refractivity contribution >= 4 is 93.5 Å². The molecule has 0 aliphatic heterocycles. The second-order valence-corrected chi connectivity index (χ2v) is 14.7. The molecule has 2 saturated carbocycles. The number of carbonyl (C=O) groups is 4. The summed E-state index contributed by atoms with van der Waals surface area (Å²) in [5.41, 5.74) is -1.37. The van der Waals surface area contributed by atoms with Crippen molar-refractivity contribution in [2.45, 2.75) is 53.4 Å². The van der Waals surface area contributed by atoms with Crippen LogP contribution in [0.5, 0.6) is 11.5 Å². The van der Waals surface area contributed by atoms with Gasteiger partial charge in [-0.15, -0.1) is 0 Å². The monoisotopic (exact) mass is 726 g/mol. The lowest BCUT2D eigenvalue weighted by Gasteiger charge is -2.43. The number of hydrogen-bond donors (Lipinski definition) is 0. The number of benzene rings is 2. The van der Waals surface area contributed by atoms with Crippen LogP contribution in [0.4, 0.5) is 0 Å². The molecule has 2 aliphatic carbocycles. The average Bonchev–Trinajstić information content (AvgIpc) is 2.90. The van der Waals surface area contributed by atoms with Crippen LogP contribution in [0.3, 0.4) is 0 Å². The van der Waals surface area contributed by atoms with Crippen LogP contribution in [-0.2, 0) is 19.1 Å². The SMILES string of the molecule is CC1CC(C)(COC(=O)c2c(Cl)c(Cl)cc(Cl)c2OC(=O)C(=O)Oc2c(Cl)cc(Cl)c(Cl)c2C(=O)OCC2(C)CC(C)C2)C1. The van der Waals surface area contributed by atoms with Crippen molar-refractivity contribution in [3.63, 3.8) is 0 Å². The van der Waals surface area contributed by atoms with E-state index in [0.29, 0.717) is 11.8 Å². The van der Waals surface area contributed by atoms with Gasteiger partial charge in [-0.2, -0.15) is 0 Å². The van der Waals surface area contributed by atoms with Gasteiger partial charge in [0.15, 0.2) is 11.5 Å². The molecule has 2 aromatic carbocycles. The van der Waals surface area contributed by atoms with Crippen LogP contribution < -0.4 is 9.47 Å². The summed E-state index contributed by atoms with van der Waals surface area (Å²) in [6, 6.07) is 2.25. The Hall–Kier alpha value is -1.94. The Bertz CT molecular complexity index is 1410. The molecular formula is C30H28Cl6O8. The Balaban J connectivity index is 1.55. The summed E-state index contributed by atoms with van der Waals surface area (Å²) in [4.78, 5) is 52.0. The second-order valence-electron chi connectivity index (χ2n) is 12.3. The van der Waals surface area contributed by atoms with E-state index in [-0.39, 0.29) is 54.2 Å². The Morgan fingerprint density at radius 3 is 1.25 bits per heavy atom.